The quantitative estimate of drug-likeness (QED) is 0.889. The number of benzene rings is 1. The number of fused-ring (bicyclic) bond motifs is 1. The Bertz CT molecular complexity index is 500. The minimum absolute atomic E-state index is 0.222. The Morgan fingerprint density at radius 3 is 3.12 bits per heavy atom. The van der Waals surface area contributed by atoms with E-state index in [1.807, 2.05) is 0 Å². The molecule has 0 fully saturated rings. The van der Waals surface area contributed by atoms with E-state index in [1.165, 1.54) is 23.5 Å². The fourth-order valence-electron chi connectivity index (χ4n) is 1.54. The van der Waals surface area contributed by atoms with Gasteiger partial charge in [0.15, 0.2) is 5.13 Å². The summed E-state index contributed by atoms with van der Waals surface area (Å²) in [5, 5.41) is 4.12. The number of anilines is 1. The van der Waals surface area contributed by atoms with Crippen molar-refractivity contribution in [2.45, 2.75) is 19.4 Å². The third-order valence-electron chi connectivity index (χ3n) is 2.48. The normalized spacial score (nSPS) is 12.9. The van der Waals surface area contributed by atoms with Gasteiger partial charge in [-0.1, -0.05) is 11.3 Å². The summed E-state index contributed by atoms with van der Waals surface area (Å²) in [7, 11) is 1.69. The molecule has 0 aliphatic carbocycles. The Kier molecular flexibility index (Phi) is 3.91. The maximum absolute atomic E-state index is 13.0. The van der Waals surface area contributed by atoms with Crippen molar-refractivity contribution in [1.29, 1.82) is 0 Å². The van der Waals surface area contributed by atoms with Crippen LogP contribution in [0.1, 0.15) is 13.3 Å². The molecule has 1 atom stereocenters. The molecule has 1 heterocycles. The number of hydrogen-bond acceptors (Lipinski definition) is 4. The van der Waals surface area contributed by atoms with Crippen molar-refractivity contribution < 1.29 is 9.13 Å². The average molecular weight is 254 g/mol. The lowest BCUT2D eigenvalue weighted by atomic mass is 10.2. The molecule has 0 spiro atoms. The molecule has 0 amide bonds. The van der Waals surface area contributed by atoms with E-state index in [2.05, 4.69) is 17.2 Å². The molecule has 17 heavy (non-hydrogen) atoms. The summed E-state index contributed by atoms with van der Waals surface area (Å²) < 4.78 is 18.9. The van der Waals surface area contributed by atoms with E-state index in [9.17, 15) is 4.39 Å². The number of nitrogens with one attached hydrogen (secondary N) is 1. The largest absolute Gasteiger partial charge is 0.385 e. The van der Waals surface area contributed by atoms with E-state index in [1.54, 1.807) is 13.2 Å². The van der Waals surface area contributed by atoms with Crippen LogP contribution in [0.25, 0.3) is 10.2 Å². The first-order chi connectivity index (χ1) is 8.19. The highest BCUT2D eigenvalue weighted by atomic mass is 32.1. The molecule has 1 N–H and O–H groups in total. The van der Waals surface area contributed by atoms with Gasteiger partial charge in [0.05, 0.1) is 10.2 Å². The van der Waals surface area contributed by atoms with E-state index in [0.717, 1.165) is 21.8 Å². The molecule has 0 saturated carbocycles. The standard InChI is InChI=1S/C12H15FN2OS/c1-8(5-6-16-2)14-12-15-10-4-3-9(13)7-11(10)17-12/h3-4,7-8H,5-6H2,1-2H3,(H,14,15). The minimum Gasteiger partial charge on any atom is -0.385 e. The number of rotatable bonds is 5. The molecule has 5 heteroatoms. The number of thiazole rings is 1. The van der Waals surface area contributed by atoms with Gasteiger partial charge in [0.1, 0.15) is 5.82 Å². The molecule has 0 aliphatic heterocycles. The van der Waals surface area contributed by atoms with Crippen molar-refractivity contribution in [1.82, 2.24) is 4.98 Å². The minimum atomic E-state index is -0.222. The second-order valence-corrected chi connectivity index (χ2v) is 4.99. The van der Waals surface area contributed by atoms with Gasteiger partial charge >= 0.3 is 0 Å². The zero-order valence-electron chi connectivity index (χ0n) is 9.87. The Hall–Kier alpha value is -1.20. The Balaban J connectivity index is 2.08. The van der Waals surface area contributed by atoms with Crippen LogP contribution in [0.15, 0.2) is 18.2 Å². The monoisotopic (exact) mass is 254 g/mol. The van der Waals surface area contributed by atoms with E-state index >= 15 is 0 Å². The lowest BCUT2D eigenvalue weighted by molar-refractivity contribution is 0.191. The lowest BCUT2D eigenvalue weighted by Gasteiger charge is -2.11. The van der Waals surface area contributed by atoms with Gasteiger partial charge in [-0.15, -0.1) is 0 Å². The summed E-state index contributed by atoms with van der Waals surface area (Å²) in [5.41, 5.74) is 0.831. The maximum atomic E-state index is 13.0. The second-order valence-electron chi connectivity index (χ2n) is 3.96. The van der Waals surface area contributed by atoms with Crippen LogP contribution in [0.5, 0.6) is 0 Å². The van der Waals surface area contributed by atoms with Gasteiger partial charge in [-0.05, 0) is 31.5 Å². The highest BCUT2D eigenvalue weighted by Gasteiger charge is 2.07. The van der Waals surface area contributed by atoms with Crippen molar-refractivity contribution in [3.63, 3.8) is 0 Å². The lowest BCUT2D eigenvalue weighted by Crippen LogP contribution is -2.16. The molecule has 0 saturated heterocycles. The van der Waals surface area contributed by atoms with Gasteiger partial charge in [-0.3, -0.25) is 0 Å². The number of nitrogens with zero attached hydrogens (tertiary/aromatic N) is 1. The topological polar surface area (TPSA) is 34.1 Å². The van der Waals surface area contributed by atoms with Crippen molar-refractivity contribution in [2.24, 2.45) is 0 Å². The molecule has 2 rings (SSSR count). The molecule has 2 aromatic rings. The van der Waals surface area contributed by atoms with Gasteiger partial charge in [0, 0.05) is 19.8 Å². The van der Waals surface area contributed by atoms with Gasteiger partial charge in [0.25, 0.3) is 0 Å². The van der Waals surface area contributed by atoms with Crippen LogP contribution in [-0.4, -0.2) is 24.7 Å². The van der Waals surface area contributed by atoms with Crippen LogP contribution in [0.3, 0.4) is 0 Å². The molecular formula is C12H15FN2OS. The molecule has 0 radical (unpaired) electrons. The van der Waals surface area contributed by atoms with Crippen molar-refractivity contribution in [3.05, 3.63) is 24.0 Å². The van der Waals surface area contributed by atoms with E-state index in [0.29, 0.717) is 12.6 Å². The molecule has 92 valence electrons. The first kappa shape index (κ1) is 12.3. The summed E-state index contributed by atoms with van der Waals surface area (Å²) in [6.45, 7) is 2.79. The summed E-state index contributed by atoms with van der Waals surface area (Å²) in [5.74, 6) is -0.222. The Labute approximate surface area is 104 Å². The van der Waals surface area contributed by atoms with Crippen molar-refractivity contribution in [3.8, 4) is 0 Å². The molecule has 1 aromatic heterocycles. The third-order valence-corrected chi connectivity index (χ3v) is 3.42. The van der Waals surface area contributed by atoms with Crippen LogP contribution >= 0.6 is 11.3 Å². The van der Waals surface area contributed by atoms with Crippen LogP contribution < -0.4 is 5.32 Å². The Morgan fingerprint density at radius 1 is 1.53 bits per heavy atom. The van der Waals surface area contributed by atoms with Crippen molar-refractivity contribution >= 4 is 26.7 Å². The van der Waals surface area contributed by atoms with Crippen LogP contribution in [0, 0.1) is 5.82 Å². The van der Waals surface area contributed by atoms with Gasteiger partial charge in [-0.2, -0.15) is 0 Å². The van der Waals surface area contributed by atoms with Gasteiger partial charge < -0.3 is 10.1 Å². The zero-order chi connectivity index (χ0) is 12.3. The molecule has 1 unspecified atom stereocenters. The third kappa shape index (κ3) is 3.14. The number of aromatic nitrogens is 1. The molecule has 1 aromatic carbocycles. The second kappa shape index (κ2) is 5.42. The molecule has 0 aliphatic rings. The fraction of sp³-hybridized carbons (Fsp3) is 0.417. The average Bonchev–Trinajstić information content (AvgIpc) is 2.67. The number of ether oxygens (including phenoxy) is 1. The molecule has 0 bridgehead atoms. The van der Waals surface area contributed by atoms with Gasteiger partial charge in [0.2, 0.25) is 0 Å². The van der Waals surface area contributed by atoms with E-state index in [-0.39, 0.29) is 5.82 Å². The Morgan fingerprint density at radius 2 is 2.35 bits per heavy atom. The summed E-state index contributed by atoms with van der Waals surface area (Å²) in [4.78, 5) is 4.40. The van der Waals surface area contributed by atoms with Crippen molar-refractivity contribution in [2.75, 3.05) is 19.0 Å². The highest BCUT2D eigenvalue weighted by Crippen LogP contribution is 2.27. The molecular weight excluding hydrogens is 239 g/mol. The fourth-order valence-corrected chi connectivity index (χ4v) is 2.54. The first-order valence-corrected chi connectivity index (χ1v) is 6.32. The number of halogens is 1. The highest BCUT2D eigenvalue weighted by molar-refractivity contribution is 7.22. The summed E-state index contributed by atoms with van der Waals surface area (Å²) in [6.07, 6.45) is 0.917. The summed E-state index contributed by atoms with van der Waals surface area (Å²) in [6, 6.07) is 4.94. The maximum Gasteiger partial charge on any atom is 0.184 e. The number of methoxy groups -OCH3 is 1. The van der Waals surface area contributed by atoms with Crippen LogP contribution in [-0.2, 0) is 4.74 Å². The predicted molar refractivity (Wildman–Crippen MR) is 69.2 cm³/mol. The van der Waals surface area contributed by atoms with E-state index < -0.39 is 0 Å². The summed E-state index contributed by atoms with van der Waals surface area (Å²) >= 11 is 1.47. The van der Waals surface area contributed by atoms with E-state index in [4.69, 9.17) is 4.74 Å². The van der Waals surface area contributed by atoms with Crippen LogP contribution in [0.4, 0.5) is 9.52 Å². The molecule has 3 nitrogen and oxygen atoms in total. The number of hydrogen-bond donors (Lipinski definition) is 1. The van der Waals surface area contributed by atoms with Gasteiger partial charge in [-0.25, -0.2) is 9.37 Å². The SMILES string of the molecule is COCCC(C)Nc1nc2ccc(F)cc2s1. The smallest absolute Gasteiger partial charge is 0.184 e. The first-order valence-electron chi connectivity index (χ1n) is 5.50. The van der Waals surface area contributed by atoms with Crippen LogP contribution in [0.2, 0.25) is 0 Å². The zero-order valence-corrected chi connectivity index (χ0v) is 10.7. The predicted octanol–water partition coefficient (Wildman–Crippen LogP) is 3.27.